The molecule has 19 heavy (non-hydrogen) atoms. The van der Waals surface area contributed by atoms with Crippen molar-refractivity contribution < 1.29 is 19.4 Å². The number of unbranched alkanes of at least 4 members (excludes halogenated alkanes) is 1. The third-order valence-corrected chi connectivity index (χ3v) is 2.72. The molecule has 0 saturated carbocycles. The van der Waals surface area contributed by atoms with E-state index in [0.717, 1.165) is 12.8 Å². The molecular formula is C14H26O4S. The second-order valence-electron chi connectivity index (χ2n) is 4.12. The van der Waals surface area contributed by atoms with Gasteiger partial charge in [0.25, 0.3) is 0 Å². The molecule has 0 spiro atoms. The molecule has 0 rings (SSSR count). The SMILES string of the molecule is C=CC(=O)OCC(CC)CCCC.O=C(O)CCS. The van der Waals surface area contributed by atoms with Gasteiger partial charge in [-0.1, -0.05) is 39.7 Å². The first kappa shape index (κ1) is 20.3. The largest absolute Gasteiger partial charge is 0.481 e. The zero-order valence-electron chi connectivity index (χ0n) is 11.9. The Morgan fingerprint density at radius 2 is 2.05 bits per heavy atom. The number of ether oxygens (including phenoxy) is 1. The smallest absolute Gasteiger partial charge is 0.330 e. The topological polar surface area (TPSA) is 63.6 Å². The maximum atomic E-state index is 10.8. The molecule has 5 heteroatoms. The number of carboxylic acid groups (broad SMARTS) is 1. The Hall–Kier alpha value is -0.970. The van der Waals surface area contributed by atoms with Crippen LogP contribution in [0.25, 0.3) is 0 Å². The fraction of sp³-hybridized carbons (Fsp3) is 0.714. The molecule has 1 unspecified atom stereocenters. The molecule has 112 valence electrons. The number of hydrogen-bond acceptors (Lipinski definition) is 4. The van der Waals surface area contributed by atoms with Crippen molar-refractivity contribution >= 4 is 24.6 Å². The van der Waals surface area contributed by atoms with Crippen molar-refractivity contribution in [1.29, 1.82) is 0 Å². The van der Waals surface area contributed by atoms with Crippen LogP contribution in [0.3, 0.4) is 0 Å². The molecule has 0 heterocycles. The van der Waals surface area contributed by atoms with E-state index in [1.54, 1.807) is 0 Å². The highest BCUT2D eigenvalue weighted by Crippen LogP contribution is 2.12. The summed E-state index contributed by atoms with van der Waals surface area (Å²) in [5.41, 5.74) is 0. The van der Waals surface area contributed by atoms with Crippen LogP contribution in [0.15, 0.2) is 12.7 Å². The van der Waals surface area contributed by atoms with Crippen LogP contribution in [0, 0.1) is 5.92 Å². The van der Waals surface area contributed by atoms with Gasteiger partial charge in [0, 0.05) is 11.8 Å². The Morgan fingerprint density at radius 1 is 1.42 bits per heavy atom. The van der Waals surface area contributed by atoms with Gasteiger partial charge in [0.2, 0.25) is 0 Å². The molecule has 0 amide bonds. The van der Waals surface area contributed by atoms with Gasteiger partial charge in [-0.15, -0.1) is 0 Å². The van der Waals surface area contributed by atoms with Crippen LogP contribution in [0.1, 0.15) is 46.0 Å². The number of rotatable bonds is 9. The standard InChI is InChI=1S/C11H20O2.C3H6O2S/c1-4-7-8-10(5-2)9-13-11(12)6-3;4-3(5)1-2-6/h6,10H,3-5,7-9H2,1-2H3;6H,1-2H2,(H,4,5). The van der Waals surface area contributed by atoms with Gasteiger partial charge in [-0.2, -0.15) is 12.6 Å². The van der Waals surface area contributed by atoms with Crippen LogP contribution in [0.2, 0.25) is 0 Å². The summed E-state index contributed by atoms with van der Waals surface area (Å²) in [5, 5.41) is 7.86. The minimum Gasteiger partial charge on any atom is -0.481 e. The number of aliphatic carboxylic acids is 1. The van der Waals surface area contributed by atoms with E-state index in [1.165, 1.54) is 18.9 Å². The number of carbonyl (C=O) groups is 2. The zero-order chi connectivity index (χ0) is 15.1. The number of thiol groups is 1. The Morgan fingerprint density at radius 3 is 2.37 bits per heavy atom. The van der Waals surface area contributed by atoms with Gasteiger partial charge >= 0.3 is 11.9 Å². The number of hydrogen-bond donors (Lipinski definition) is 2. The summed E-state index contributed by atoms with van der Waals surface area (Å²) in [6.45, 7) is 8.19. The summed E-state index contributed by atoms with van der Waals surface area (Å²) in [4.78, 5) is 20.3. The van der Waals surface area contributed by atoms with Crippen molar-refractivity contribution in [3.05, 3.63) is 12.7 Å². The average molecular weight is 290 g/mol. The highest BCUT2D eigenvalue weighted by Gasteiger charge is 2.07. The van der Waals surface area contributed by atoms with E-state index in [4.69, 9.17) is 9.84 Å². The zero-order valence-corrected chi connectivity index (χ0v) is 12.8. The Kier molecular flexibility index (Phi) is 16.2. The van der Waals surface area contributed by atoms with Gasteiger partial charge < -0.3 is 9.84 Å². The van der Waals surface area contributed by atoms with Crippen molar-refractivity contribution in [3.63, 3.8) is 0 Å². The predicted octanol–water partition coefficient (Wildman–Crippen LogP) is 3.32. The quantitative estimate of drug-likeness (QED) is 0.388. The Bertz CT molecular complexity index is 254. The molecule has 0 aliphatic heterocycles. The van der Waals surface area contributed by atoms with Gasteiger partial charge in [-0.25, -0.2) is 4.79 Å². The summed E-state index contributed by atoms with van der Waals surface area (Å²) < 4.78 is 4.98. The van der Waals surface area contributed by atoms with Crippen molar-refractivity contribution in [2.75, 3.05) is 12.4 Å². The van der Waals surface area contributed by atoms with Crippen molar-refractivity contribution in [2.24, 2.45) is 5.92 Å². The molecule has 1 atom stereocenters. The van der Waals surface area contributed by atoms with E-state index in [9.17, 15) is 9.59 Å². The lowest BCUT2D eigenvalue weighted by Crippen LogP contribution is -2.12. The summed E-state index contributed by atoms with van der Waals surface area (Å²) in [6.07, 6.45) is 6.01. The van der Waals surface area contributed by atoms with Crippen molar-refractivity contribution in [2.45, 2.75) is 46.0 Å². The van der Waals surface area contributed by atoms with E-state index in [0.29, 0.717) is 18.3 Å². The van der Waals surface area contributed by atoms with Crippen LogP contribution < -0.4 is 0 Å². The van der Waals surface area contributed by atoms with E-state index in [1.807, 2.05) is 0 Å². The minimum absolute atomic E-state index is 0.156. The van der Waals surface area contributed by atoms with Gasteiger partial charge in [0.15, 0.2) is 0 Å². The van der Waals surface area contributed by atoms with Gasteiger partial charge in [-0.3, -0.25) is 4.79 Å². The minimum atomic E-state index is -0.787. The predicted molar refractivity (Wildman–Crippen MR) is 80.6 cm³/mol. The first-order valence-electron chi connectivity index (χ1n) is 6.63. The Balaban J connectivity index is 0. The first-order chi connectivity index (χ1) is 9.01. The molecule has 0 aromatic carbocycles. The van der Waals surface area contributed by atoms with E-state index in [2.05, 4.69) is 33.1 Å². The highest BCUT2D eigenvalue weighted by molar-refractivity contribution is 7.80. The number of carboxylic acids is 1. The molecule has 0 radical (unpaired) electrons. The molecule has 0 aromatic rings. The normalized spacial score (nSPS) is 10.9. The van der Waals surface area contributed by atoms with Crippen LogP contribution >= 0.6 is 12.6 Å². The summed E-state index contributed by atoms with van der Waals surface area (Å²) in [7, 11) is 0. The molecular weight excluding hydrogens is 264 g/mol. The Labute approximate surface area is 121 Å². The summed E-state index contributed by atoms with van der Waals surface area (Å²) in [5.74, 6) is -0.154. The van der Waals surface area contributed by atoms with Crippen LogP contribution in [0.5, 0.6) is 0 Å². The van der Waals surface area contributed by atoms with Crippen molar-refractivity contribution in [3.8, 4) is 0 Å². The molecule has 0 aliphatic carbocycles. The number of carbonyl (C=O) groups excluding carboxylic acids is 1. The summed E-state index contributed by atoms with van der Waals surface area (Å²) >= 11 is 3.68. The van der Waals surface area contributed by atoms with E-state index < -0.39 is 5.97 Å². The monoisotopic (exact) mass is 290 g/mol. The molecule has 0 bridgehead atoms. The molecule has 1 N–H and O–H groups in total. The van der Waals surface area contributed by atoms with E-state index >= 15 is 0 Å². The molecule has 0 aromatic heterocycles. The second-order valence-corrected chi connectivity index (χ2v) is 4.57. The molecule has 4 nitrogen and oxygen atoms in total. The first-order valence-corrected chi connectivity index (χ1v) is 7.26. The highest BCUT2D eigenvalue weighted by atomic mass is 32.1. The second kappa shape index (κ2) is 15.1. The lowest BCUT2D eigenvalue weighted by Gasteiger charge is -2.13. The van der Waals surface area contributed by atoms with Gasteiger partial charge in [0.05, 0.1) is 13.0 Å². The third kappa shape index (κ3) is 17.0. The lowest BCUT2D eigenvalue weighted by atomic mass is 10.0. The number of esters is 1. The molecule has 0 aliphatic rings. The van der Waals surface area contributed by atoms with Crippen molar-refractivity contribution in [1.82, 2.24) is 0 Å². The average Bonchev–Trinajstić information content (AvgIpc) is 2.39. The lowest BCUT2D eigenvalue weighted by molar-refractivity contribution is -0.139. The maximum absolute atomic E-state index is 10.8. The molecule has 0 saturated heterocycles. The van der Waals surface area contributed by atoms with Crippen LogP contribution in [-0.2, 0) is 14.3 Å². The molecule has 0 fully saturated rings. The van der Waals surface area contributed by atoms with Gasteiger partial charge in [-0.05, 0) is 12.3 Å². The third-order valence-electron chi connectivity index (χ3n) is 2.50. The van der Waals surface area contributed by atoms with Crippen LogP contribution in [0.4, 0.5) is 0 Å². The fourth-order valence-electron chi connectivity index (χ4n) is 1.25. The fourth-order valence-corrected chi connectivity index (χ4v) is 1.44. The van der Waals surface area contributed by atoms with Crippen LogP contribution in [-0.4, -0.2) is 29.4 Å². The van der Waals surface area contributed by atoms with E-state index in [-0.39, 0.29) is 12.4 Å². The summed E-state index contributed by atoms with van der Waals surface area (Å²) in [6, 6.07) is 0. The van der Waals surface area contributed by atoms with Gasteiger partial charge in [0.1, 0.15) is 0 Å². The maximum Gasteiger partial charge on any atom is 0.330 e.